The maximum atomic E-state index is 12.5. The molecule has 0 fully saturated rings. The van der Waals surface area contributed by atoms with Gasteiger partial charge in [-0.2, -0.15) is 4.89 Å². The summed E-state index contributed by atoms with van der Waals surface area (Å²) in [5, 5.41) is 18.5. The van der Waals surface area contributed by atoms with Crippen LogP contribution in [-0.2, 0) is 39.4 Å². The molecule has 1 aromatic heterocycles. The summed E-state index contributed by atoms with van der Waals surface area (Å²) in [6, 6.07) is 0. The van der Waals surface area contributed by atoms with Crippen LogP contribution < -0.4 is 0 Å². The Hall–Kier alpha value is -2.72. The van der Waals surface area contributed by atoms with E-state index in [1.807, 2.05) is 13.8 Å². The molecule has 1 aliphatic rings. The van der Waals surface area contributed by atoms with E-state index in [0.29, 0.717) is 13.0 Å². The van der Waals surface area contributed by atoms with Gasteiger partial charge in [-0.05, 0) is 12.8 Å². The van der Waals surface area contributed by atoms with Gasteiger partial charge in [-0.25, -0.2) is 4.98 Å². The van der Waals surface area contributed by atoms with Crippen molar-refractivity contribution in [2.24, 2.45) is 17.3 Å². The summed E-state index contributed by atoms with van der Waals surface area (Å²) in [4.78, 5) is 28.1. The molecule has 1 aromatic rings. The van der Waals surface area contributed by atoms with Crippen LogP contribution >= 0.6 is 0 Å². The lowest BCUT2D eigenvalue weighted by molar-refractivity contribution is -0.259. The van der Waals surface area contributed by atoms with Crippen molar-refractivity contribution in [1.29, 1.82) is 0 Å². The minimum atomic E-state index is -0.895. The number of rotatable bonds is 11. The predicted octanol–water partition coefficient (Wildman–Crippen LogP) is 3.04. The second kappa shape index (κ2) is 10.00. The number of aryl methyl sites for hydroxylation is 1. The molecule has 0 spiro atoms. The topological polar surface area (TPSA) is 111 Å². The molecule has 2 rings (SSSR count). The van der Waals surface area contributed by atoms with Gasteiger partial charge in [-0.15, -0.1) is 10.2 Å². The smallest absolute Gasteiger partial charge is 0.249 e. The van der Waals surface area contributed by atoms with Crippen LogP contribution in [0.25, 0.3) is 0 Å². The first-order chi connectivity index (χ1) is 13.5. The van der Waals surface area contributed by atoms with Gasteiger partial charge in [-0.1, -0.05) is 26.8 Å². The van der Waals surface area contributed by atoms with Crippen molar-refractivity contribution in [3.05, 3.63) is 35.8 Å². The van der Waals surface area contributed by atoms with Gasteiger partial charge in [0.15, 0.2) is 11.9 Å². The molecule has 0 aliphatic carbocycles. The van der Waals surface area contributed by atoms with Crippen LogP contribution in [0.5, 0.6) is 0 Å². The Morgan fingerprint density at radius 3 is 2.71 bits per heavy atom. The zero-order valence-electron chi connectivity index (χ0n) is 16.7. The van der Waals surface area contributed by atoms with Crippen molar-refractivity contribution in [2.75, 3.05) is 13.7 Å². The number of imidazole rings is 1. The van der Waals surface area contributed by atoms with E-state index < -0.39 is 12.0 Å². The highest BCUT2D eigenvalue weighted by atomic mass is 17.2. The van der Waals surface area contributed by atoms with Gasteiger partial charge in [0.05, 0.1) is 11.4 Å². The van der Waals surface area contributed by atoms with Crippen LogP contribution in [0.3, 0.4) is 0 Å². The van der Waals surface area contributed by atoms with Crippen molar-refractivity contribution in [3.63, 3.8) is 0 Å². The van der Waals surface area contributed by atoms with Crippen LogP contribution in [0, 0.1) is 0 Å². The third-order valence-electron chi connectivity index (χ3n) is 4.38. The number of unbranched alkanes of at least 4 members (excludes halogenated alkanes) is 1. The summed E-state index contributed by atoms with van der Waals surface area (Å²) < 4.78 is 6.91. The lowest BCUT2D eigenvalue weighted by atomic mass is 10.3. The minimum absolute atomic E-state index is 0.142. The van der Waals surface area contributed by atoms with Crippen molar-refractivity contribution >= 4 is 11.7 Å². The van der Waals surface area contributed by atoms with E-state index in [1.165, 1.54) is 18.3 Å². The first kappa shape index (κ1) is 21.6. The fourth-order valence-corrected chi connectivity index (χ4v) is 2.86. The number of carbonyl (C=O) groups is 1. The van der Waals surface area contributed by atoms with Crippen molar-refractivity contribution in [1.82, 2.24) is 14.5 Å². The number of nitrogens with zero attached hydrogens (tertiary/aromatic N) is 5. The van der Waals surface area contributed by atoms with E-state index in [-0.39, 0.29) is 24.1 Å². The van der Waals surface area contributed by atoms with Gasteiger partial charge in [0.1, 0.15) is 12.9 Å². The number of aliphatic hydroxyl groups is 1. The van der Waals surface area contributed by atoms with Gasteiger partial charge in [-0.3, -0.25) is 4.79 Å². The van der Waals surface area contributed by atoms with Crippen LogP contribution in [0.15, 0.2) is 34.6 Å². The van der Waals surface area contributed by atoms with Gasteiger partial charge in [0.2, 0.25) is 17.6 Å². The number of aliphatic hydroxyl groups excluding tert-OH is 1. The SMILES string of the molecule is C=COOCc1c(CC)nc(N=NC2=C(O)N(CCCC)C(OC)C2=O)n1C. The number of ketones is 1. The van der Waals surface area contributed by atoms with Crippen LogP contribution in [0.1, 0.15) is 38.1 Å². The molecule has 0 saturated heterocycles. The molecule has 1 atom stereocenters. The summed E-state index contributed by atoms with van der Waals surface area (Å²) in [6.07, 6.45) is 2.66. The van der Waals surface area contributed by atoms with Crippen LogP contribution in [0.4, 0.5) is 5.95 Å². The van der Waals surface area contributed by atoms with Gasteiger partial charge < -0.3 is 24.2 Å². The molecule has 0 radical (unpaired) electrons. The van der Waals surface area contributed by atoms with Crippen molar-refractivity contribution in [3.8, 4) is 0 Å². The molecule has 0 saturated carbocycles. The number of ether oxygens (including phenoxy) is 1. The zero-order valence-corrected chi connectivity index (χ0v) is 16.7. The Morgan fingerprint density at radius 1 is 1.36 bits per heavy atom. The molecule has 1 unspecified atom stereocenters. The molecule has 1 aliphatic heterocycles. The standard InChI is InChI=1S/C18H27N5O5/c1-6-9-10-23-16(25)14(15(24)17(23)26-5)20-21-18-19-12(7-2)13(22(18)4)11-28-27-8-3/h8,17,25H,3,6-7,9-11H2,1-2,4-5H3. The lowest BCUT2D eigenvalue weighted by Gasteiger charge is -2.23. The highest BCUT2D eigenvalue weighted by molar-refractivity contribution is 6.00. The summed E-state index contributed by atoms with van der Waals surface area (Å²) in [5.41, 5.74) is 1.38. The molecule has 154 valence electrons. The van der Waals surface area contributed by atoms with E-state index >= 15 is 0 Å². The third kappa shape index (κ3) is 4.39. The molecule has 0 amide bonds. The molecule has 10 nitrogen and oxygen atoms in total. The molecule has 1 N–H and O–H groups in total. The zero-order chi connectivity index (χ0) is 20.7. The van der Waals surface area contributed by atoms with E-state index in [1.54, 1.807) is 11.6 Å². The van der Waals surface area contributed by atoms with E-state index in [4.69, 9.17) is 14.5 Å². The predicted molar refractivity (Wildman–Crippen MR) is 100 cm³/mol. The molecule has 2 heterocycles. The average Bonchev–Trinajstić information content (AvgIpc) is 3.11. The molecule has 0 aromatic carbocycles. The number of hydrogen-bond acceptors (Lipinski definition) is 9. The largest absolute Gasteiger partial charge is 0.493 e. The van der Waals surface area contributed by atoms with Gasteiger partial charge in [0, 0.05) is 20.7 Å². The number of hydrogen-bond donors (Lipinski definition) is 1. The minimum Gasteiger partial charge on any atom is -0.493 e. The average molecular weight is 393 g/mol. The summed E-state index contributed by atoms with van der Waals surface area (Å²) in [6.45, 7) is 8.02. The van der Waals surface area contributed by atoms with E-state index in [9.17, 15) is 9.90 Å². The lowest BCUT2D eigenvalue weighted by Crippen LogP contribution is -2.36. The fraction of sp³-hybridized carbons (Fsp3) is 0.556. The fourth-order valence-electron chi connectivity index (χ4n) is 2.86. The Bertz CT molecular complexity index is 771. The molecule has 0 bridgehead atoms. The Morgan fingerprint density at radius 2 is 2.11 bits per heavy atom. The number of azo groups is 1. The number of carbonyl (C=O) groups excluding carboxylic acids is 1. The van der Waals surface area contributed by atoms with E-state index in [2.05, 4.69) is 21.8 Å². The Labute approximate surface area is 164 Å². The highest BCUT2D eigenvalue weighted by Crippen LogP contribution is 2.28. The third-order valence-corrected chi connectivity index (χ3v) is 4.38. The van der Waals surface area contributed by atoms with Crippen LogP contribution in [-0.4, -0.2) is 45.2 Å². The van der Waals surface area contributed by atoms with Crippen molar-refractivity contribution in [2.45, 2.75) is 45.9 Å². The number of Topliss-reactive ketones (excluding diaryl/α,β-unsaturated/α-hetero) is 1. The maximum absolute atomic E-state index is 12.5. The number of aromatic nitrogens is 2. The van der Waals surface area contributed by atoms with Gasteiger partial charge in [0.25, 0.3) is 0 Å². The second-order valence-electron chi connectivity index (χ2n) is 6.11. The maximum Gasteiger partial charge on any atom is 0.249 e. The Balaban J connectivity index is 2.27. The second-order valence-corrected chi connectivity index (χ2v) is 6.11. The molecular formula is C18H27N5O5. The Kier molecular flexibility index (Phi) is 7.70. The first-order valence-electron chi connectivity index (χ1n) is 9.12. The van der Waals surface area contributed by atoms with Crippen molar-refractivity contribution < 1.29 is 24.4 Å². The van der Waals surface area contributed by atoms with Crippen LogP contribution in [0.2, 0.25) is 0 Å². The van der Waals surface area contributed by atoms with E-state index in [0.717, 1.165) is 24.2 Å². The first-order valence-corrected chi connectivity index (χ1v) is 9.12. The normalized spacial score (nSPS) is 17.2. The van der Waals surface area contributed by atoms with Gasteiger partial charge >= 0.3 is 0 Å². The molecular weight excluding hydrogens is 366 g/mol. The summed E-state index contributed by atoms with van der Waals surface area (Å²) in [5.74, 6) is -0.391. The highest BCUT2D eigenvalue weighted by Gasteiger charge is 2.40. The summed E-state index contributed by atoms with van der Waals surface area (Å²) >= 11 is 0. The number of methoxy groups -OCH3 is 1. The summed E-state index contributed by atoms with van der Waals surface area (Å²) in [7, 11) is 3.17. The molecule has 10 heteroatoms. The monoisotopic (exact) mass is 393 g/mol. The molecule has 28 heavy (non-hydrogen) atoms. The quantitative estimate of drug-likeness (QED) is 0.202.